The highest BCUT2D eigenvalue weighted by molar-refractivity contribution is 5.15. The van der Waals surface area contributed by atoms with Gasteiger partial charge >= 0.3 is 0 Å². The van der Waals surface area contributed by atoms with Crippen LogP contribution < -0.4 is 0 Å². The summed E-state index contributed by atoms with van der Waals surface area (Å²) in [6, 6.07) is 6.67. The van der Waals surface area contributed by atoms with Crippen LogP contribution in [0.2, 0.25) is 0 Å². The number of nitrogens with zero attached hydrogens (tertiary/aromatic N) is 1. The molecular weight excluding hydrogens is 205 g/mol. The summed E-state index contributed by atoms with van der Waals surface area (Å²) in [5, 5.41) is 9.14. The van der Waals surface area contributed by atoms with Crippen molar-refractivity contribution in [2.45, 2.75) is 19.4 Å². The molecule has 1 atom stereocenters. The predicted octanol–water partition coefficient (Wildman–Crippen LogP) is 2.03. The van der Waals surface area contributed by atoms with Crippen LogP contribution in [0.3, 0.4) is 0 Å². The molecule has 1 fully saturated rings. The van der Waals surface area contributed by atoms with Gasteiger partial charge in [0.05, 0.1) is 0 Å². The molecule has 0 spiro atoms. The summed E-state index contributed by atoms with van der Waals surface area (Å²) in [7, 11) is 0. The number of aliphatic hydroxyl groups excluding tert-OH is 1. The molecule has 16 heavy (non-hydrogen) atoms. The number of benzene rings is 1. The van der Waals surface area contributed by atoms with Crippen molar-refractivity contribution >= 4 is 0 Å². The van der Waals surface area contributed by atoms with Gasteiger partial charge in [-0.3, -0.25) is 4.90 Å². The van der Waals surface area contributed by atoms with Gasteiger partial charge in [0.25, 0.3) is 0 Å². The first-order valence-electron chi connectivity index (χ1n) is 5.85. The van der Waals surface area contributed by atoms with Crippen LogP contribution in [-0.4, -0.2) is 29.7 Å². The Labute approximate surface area is 95.7 Å². The molecule has 1 N–H and O–H groups in total. The van der Waals surface area contributed by atoms with Gasteiger partial charge < -0.3 is 5.11 Å². The van der Waals surface area contributed by atoms with E-state index >= 15 is 0 Å². The fourth-order valence-electron chi connectivity index (χ4n) is 2.29. The highest BCUT2D eigenvalue weighted by Gasteiger charge is 2.18. The Morgan fingerprint density at radius 1 is 1.31 bits per heavy atom. The first-order valence-corrected chi connectivity index (χ1v) is 5.85. The van der Waals surface area contributed by atoms with Gasteiger partial charge in [0.2, 0.25) is 0 Å². The number of aliphatic hydroxyl groups is 1. The van der Waals surface area contributed by atoms with Gasteiger partial charge in [-0.2, -0.15) is 0 Å². The summed E-state index contributed by atoms with van der Waals surface area (Å²) < 4.78 is 12.7. The second-order valence-corrected chi connectivity index (χ2v) is 4.55. The Hall–Kier alpha value is -0.930. The van der Waals surface area contributed by atoms with E-state index in [9.17, 15) is 4.39 Å². The molecule has 0 aromatic heterocycles. The summed E-state index contributed by atoms with van der Waals surface area (Å²) in [4.78, 5) is 2.33. The lowest BCUT2D eigenvalue weighted by Gasteiger charge is -2.31. The van der Waals surface area contributed by atoms with E-state index in [1.54, 1.807) is 0 Å². The zero-order valence-corrected chi connectivity index (χ0v) is 9.40. The minimum absolute atomic E-state index is 0.185. The van der Waals surface area contributed by atoms with Crippen molar-refractivity contribution in [3.63, 3.8) is 0 Å². The largest absolute Gasteiger partial charge is 0.396 e. The quantitative estimate of drug-likeness (QED) is 0.847. The normalized spacial score (nSPS) is 22.2. The molecule has 88 valence electrons. The molecule has 2 nitrogen and oxygen atoms in total. The molecule has 0 bridgehead atoms. The summed E-state index contributed by atoms with van der Waals surface area (Å²) >= 11 is 0. The third-order valence-electron chi connectivity index (χ3n) is 3.18. The number of piperidine rings is 1. The van der Waals surface area contributed by atoms with E-state index in [0.29, 0.717) is 5.92 Å². The molecule has 1 aliphatic rings. The molecule has 0 radical (unpaired) electrons. The summed E-state index contributed by atoms with van der Waals surface area (Å²) in [5.74, 6) is 0.227. The van der Waals surface area contributed by atoms with Crippen LogP contribution in [0.25, 0.3) is 0 Å². The lowest BCUT2D eigenvalue weighted by atomic mass is 9.98. The monoisotopic (exact) mass is 223 g/mol. The molecule has 1 heterocycles. The van der Waals surface area contributed by atoms with E-state index in [2.05, 4.69) is 4.90 Å². The number of likely N-dealkylation sites (tertiary alicyclic amines) is 1. The molecule has 1 aromatic carbocycles. The molecule has 1 aromatic rings. The van der Waals surface area contributed by atoms with Gasteiger partial charge in [-0.25, -0.2) is 4.39 Å². The van der Waals surface area contributed by atoms with Gasteiger partial charge in [-0.1, -0.05) is 12.1 Å². The molecule has 3 heteroatoms. The molecule has 0 saturated carbocycles. The third-order valence-corrected chi connectivity index (χ3v) is 3.18. The Kier molecular flexibility index (Phi) is 3.91. The van der Waals surface area contributed by atoms with E-state index in [1.807, 2.05) is 12.1 Å². The van der Waals surface area contributed by atoms with E-state index < -0.39 is 0 Å². The lowest BCUT2D eigenvalue weighted by Crippen LogP contribution is -2.36. The highest BCUT2D eigenvalue weighted by Crippen LogP contribution is 2.18. The zero-order chi connectivity index (χ0) is 11.4. The van der Waals surface area contributed by atoms with Crippen molar-refractivity contribution < 1.29 is 9.50 Å². The van der Waals surface area contributed by atoms with Gasteiger partial charge in [0, 0.05) is 19.7 Å². The van der Waals surface area contributed by atoms with Gasteiger partial charge in [-0.15, -0.1) is 0 Å². The number of hydrogen-bond acceptors (Lipinski definition) is 2. The van der Waals surface area contributed by atoms with Crippen molar-refractivity contribution in [3.05, 3.63) is 35.6 Å². The number of hydrogen-bond donors (Lipinski definition) is 1. The molecule has 1 aliphatic heterocycles. The second-order valence-electron chi connectivity index (χ2n) is 4.55. The highest BCUT2D eigenvalue weighted by atomic mass is 19.1. The average Bonchev–Trinajstić information content (AvgIpc) is 2.32. The Morgan fingerprint density at radius 2 is 2.06 bits per heavy atom. The summed E-state index contributed by atoms with van der Waals surface area (Å²) in [6.45, 7) is 3.17. The van der Waals surface area contributed by atoms with Gasteiger partial charge in [-0.05, 0) is 43.0 Å². The van der Waals surface area contributed by atoms with Crippen molar-refractivity contribution in [3.8, 4) is 0 Å². The Bertz CT molecular complexity index is 325. The topological polar surface area (TPSA) is 23.5 Å². The average molecular weight is 223 g/mol. The number of halogens is 1. The van der Waals surface area contributed by atoms with E-state index in [4.69, 9.17) is 5.11 Å². The van der Waals surface area contributed by atoms with Crippen molar-refractivity contribution in [1.82, 2.24) is 4.90 Å². The van der Waals surface area contributed by atoms with Crippen LogP contribution in [0, 0.1) is 11.7 Å². The summed E-state index contributed by atoms with van der Waals surface area (Å²) in [6.07, 6.45) is 2.27. The SMILES string of the molecule is OC[C@H]1CCCN(Cc2ccc(F)cc2)C1. The molecule has 1 saturated heterocycles. The van der Waals surface area contributed by atoms with Crippen molar-refractivity contribution in [2.24, 2.45) is 5.92 Å². The first-order chi connectivity index (χ1) is 7.78. The Morgan fingerprint density at radius 3 is 2.75 bits per heavy atom. The van der Waals surface area contributed by atoms with Crippen LogP contribution in [-0.2, 0) is 6.54 Å². The zero-order valence-electron chi connectivity index (χ0n) is 9.40. The van der Waals surface area contributed by atoms with Gasteiger partial charge in [0.15, 0.2) is 0 Å². The van der Waals surface area contributed by atoms with Crippen LogP contribution >= 0.6 is 0 Å². The van der Waals surface area contributed by atoms with Gasteiger partial charge in [0.1, 0.15) is 5.82 Å². The lowest BCUT2D eigenvalue weighted by molar-refractivity contribution is 0.116. The summed E-state index contributed by atoms with van der Waals surface area (Å²) in [5.41, 5.74) is 1.14. The fourth-order valence-corrected chi connectivity index (χ4v) is 2.29. The maximum atomic E-state index is 12.7. The molecular formula is C13H18FNO. The standard InChI is InChI=1S/C13H18FNO/c14-13-5-3-11(4-6-13)8-15-7-1-2-12(9-15)10-16/h3-6,12,16H,1-2,7-10H2/t12-/m0/s1. The van der Waals surface area contributed by atoms with Crippen molar-refractivity contribution in [2.75, 3.05) is 19.7 Å². The molecule has 0 aliphatic carbocycles. The maximum Gasteiger partial charge on any atom is 0.123 e. The van der Waals surface area contributed by atoms with E-state index in [0.717, 1.165) is 38.0 Å². The minimum atomic E-state index is -0.185. The molecule has 0 amide bonds. The molecule has 0 unspecified atom stereocenters. The smallest absolute Gasteiger partial charge is 0.123 e. The number of rotatable bonds is 3. The van der Waals surface area contributed by atoms with Crippen molar-refractivity contribution in [1.29, 1.82) is 0 Å². The van der Waals surface area contributed by atoms with Crippen LogP contribution in [0.15, 0.2) is 24.3 Å². The second kappa shape index (κ2) is 5.41. The minimum Gasteiger partial charge on any atom is -0.396 e. The fraction of sp³-hybridized carbons (Fsp3) is 0.538. The molecule has 2 rings (SSSR count). The van der Waals surface area contributed by atoms with Crippen LogP contribution in [0.1, 0.15) is 18.4 Å². The van der Waals surface area contributed by atoms with Crippen LogP contribution in [0.4, 0.5) is 4.39 Å². The van der Waals surface area contributed by atoms with E-state index in [-0.39, 0.29) is 12.4 Å². The predicted molar refractivity (Wildman–Crippen MR) is 61.5 cm³/mol. The van der Waals surface area contributed by atoms with Crippen LogP contribution in [0.5, 0.6) is 0 Å². The first kappa shape index (κ1) is 11.6. The maximum absolute atomic E-state index is 12.7. The third kappa shape index (κ3) is 3.03. The van der Waals surface area contributed by atoms with E-state index in [1.165, 1.54) is 12.1 Å². The Balaban J connectivity index is 1.91.